The fourth-order valence-electron chi connectivity index (χ4n) is 1.67. The summed E-state index contributed by atoms with van der Waals surface area (Å²) < 4.78 is 13.6. The summed E-state index contributed by atoms with van der Waals surface area (Å²) in [6.07, 6.45) is 0. The number of anilines is 1. The van der Waals surface area contributed by atoms with Gasteiger partial charge in [0, 0.05) is 31.4 Å². The predicted molar refractivity (Wildman–Crippen MR) is 66.2 cm³/mol. The van der Waals surface area contributed by atoms with Gasteiger partial charge >= 0.3 is 0 Å². The van der Waals surface area contributed by atoms with Gasteiger partial charge in [0.15, 0.2) is 0 Å². The first-order valence-corrected chi connectivity index (χ1v) is 5.57. The van der Waals surface area contributed by atoms with Gasteiger partial charge in [-0.05, 0) is 19.1 Å². The number of benzene rings is 1. The zero-order chi connectivity index (χ0) is 12.8. The van der Waals surface area contributed by atoms with Crippen molar-refractivity contribution in [3.63, 3.8) is 0 Å². The molecule has 1 aromatic rings. The second kappa shape index (κ2) is 6.20. The number of carbonyl (C=O) groups excluding carboxylic acids is 1. The van der Waals surface area contributed by atoms with E-state index in [0.717, 1.165) is 0 Å². The molecule has 1 rings (SSSR count). The quantitative estimate of drug-likeness (QED) is 0.801. The van der Waals surface area contributed by atoms with Crippen molar-refractivity contribution in [2.45, 2.75) is 13.5 Å². The highest BCUT2D eigenvalue weighted by Gasteiger charge is 2.14. The summed E-state index contributed by atoms with van der Waals surface area (Å²) in [7, 11) is 1.57. The SMILES string of the molecule is CCN(CC(=O)NC)c1cccc(F)c1CN. The van der Waals surface area contributed by atoms with Gasteiger partial charge < -0.3 is 16.0 Å². The Bertz CT molecular complexity index is 395. The zero-order valence-corrected chi connectivity index (χ0v) is 10.2. The number of amides is 1. The average Bonchev–Trinajstić information content (AvgIpc) is 2.35. The van der Waals surface area contributed by atoms with E-state index in [1.807, 2.05) is 6.92 Å². The van der Waals surface area contributed by atoms with Crippen molar-refractivity contribution in [2.75, 3.05) is 25.0 Å². The van der Waals surface area contributed by atoms with Crippen LogP contribution < -0.4 is 16.0 Å². The van der Waals surface area contributed by atoms with Crippen molar-refractivity contribution in [1.82, 2.24) is 5.32 Å². The van der Waals surface area contributed by atoms with Crippen LogP contribution in [-0.2, 0) is 11.3 Å². The van der Waals surface area contributed by atoms with Crippen molar-refractivity contribution in [1.29, 1.82) is 0 Å². The fourth-order valence-corrected chi connectivity index (χ4v) is 1.67. The Balaban J connectivity index is 3.03. The molecule has 5 heteroatoms. The van der Waals surface area contributed by atoms with Crippen LogP contribution in [-0.4, -0.2) is 26.0 Å². The van der Waals surface area contributed by atoms with Gasteiger partial charge in [0.2, 0.25) is 5.91 Å². The lowest BCUT2D eigenvalue weighted by atomic mass is 10.1. The number of nitrogens with one attached hydrogen (secondary N) is 1. The fraction of sp³-hybridized carbons (Fsp3) is 0.417. The Morgan fingerprint density at radius 3 is 2.76 bits per heavy atom. The summed E-state index contributed by atoms with van der Waals surface area (Å²) >= 11 is 0. The van der Waals surface area contributed by atoms with Crippen LogP contribution in [0.5, 0.6) is 0 Å². The van der Waals surface area contributed by atoms with E-state index >= 15 is 0 Å². The van der Waals surface area contributed by atoms with Gasteiger partial charge in [-0.15, -0.1) is 0 Å². The van der Waals surface area contributed by atoms with Crippen LogP contribution in [0.3, 0.4) is 0 Å². The van der Waals surface area contributed by atoms with Crippen LogP contribution in [0.1, 0.15) is 12.5 Å². The number of rotatable bonds is 5. The number of halogens is 1. The average molecular weight is 239 g/mol. The van der Waals surface area contributed by atoms with Crippen LogP contribution in [0, 0.1) is 5.82 Å². The molecular formula is C12H18FN3O. The van der Waals surface area contributed by atoms with Crippen LogP contribution >= 0.6 is 0 Å². The standard InChI is InChI=1S/C12H18FN3O/c1-3-16(8-12(17)15-2)11-6-4-5-10(13)9(11)7-14/h4-6H,3,7-8,14H2,1-2H3,(H,15,17). The number of carbonyl (C=O) groups is 1. The maximum Gasteiger partial charge on any atom is 0.239 e. The molecule has 0 atom stereocenters. The molecule has 0 aliphatic heterocycles. The predicted octanol–water partition coefficient (Wildman–Crippen LogP) is 0.857. The Kier molecular flexibility index (Phi) is 4.90. The second-order valence-electron chi connectivity index (χ2n) is 3.63. The zero-order valence-electron chi connectivity index (χ0n) is 10.2. The highest BCUT2D eigenvalue weighted by Crippen LogP contribution is 2.22. The lowest BCUT2D eigenvalue weighted by molar-refractivity contribution is -0.119. The highest BCUT2D eigenvalue weighted by atomic mass is 19.1. The maximum absolute atomic E-state index is 13.6. The van der Waals surface area contributed by atoms with E-state index in [1.165, 1.54) is 6.07 Å². The van der Waals surface area contributed by atoms with E-state index < -0.39 is 0 Å². The molecule has 94 valence electrons. The molecule has 0 bridgehead atoms. The molecule has 0 aromatic heterocycles. The topological polar surface area (TPSA) is 58.4 Å². The normalized spacial score (nSPS) is 10.1. The third kappa shape index (κ3) is 3.17. The largest absolute Gasteiger partial charge is 0.362 e. The molecule has 17 heavy (non-hydrogen) atoms. The Morgan fingerprint density at radius 1 is 1.53 bits per heavy atom. The second-order valence-corrected chi connectivity index (χ2v) is 3.63. The number of nitrogens with two attached hydrogens (primary N) is 1. The van der Waals surface area contributed by atoms with E-state index in [1.54, 1.807) is 24.1 Å². The maximum atomic E-state index is 13.6. The Labute approximate surface area is 101 Å². The van der Waals surface area contributed by atoms with E-state index in [0.29, 0.717) is 17.8 Å². The molecule has 0 heterocycles. The van der Waals surface area contributed by atoms with Gasteiger partial charge in [0.1, 0.15) is 5.82 Å². The van der Waals surface area contributed by atoms with E-state index in [-0.39, 0.29) is 24.8 Å². The van der Waals surface area contributed by atoms with Crippen molar-refractivity contribution < 1.29 is 9.18 Å². The third-order valence-electron chi connectivity index (χ3n) is 2.63. The molecule has 1 amide bonds. The number of nitrogens with zero attached hydrogens (tertiary/aromatic N) is 1. The molecule has 0 unspecified atom stereocenters. The van der Waals surface area contributed by atoms with E-state index in [2.05, 4.69) is 5.32 Å². The van der Waals surface area contributed by atoms with Crippen molar-refractivity contribution in [2.24, 2.45) is 5.73 Å². The van der Waals surface area contributed by atoms with Crippen molar-refractivity contribution >= 4 is 11.6 Å². The summed E-state index contributed by atoms with van der Waals surface area (Å²) in [6, 6.07) is 4.77. The first-order chi connectivity index (χ1) is 8.13. The molecule has 0 radical (unpaired) electrons. The molecule has 0 fully saturated rings. The monoisotopic (exact) mass is 239 g/mol. The van der Waals surface area contributed by atoms with E-state index in [4.69, 9.17) is 5.73 Å². The van der Waals surface area contributed by atoms with Crippen LogP contribution in [0.4, 0.5) is 10.1 Å². The summed E-state index contributed by atoms with van der Waals surface area (Å²) in [6.45, 7) is 2.84. The van der Waals surface area contributed by atoms with Gasteiger partial charge in [0.05, 0.1) is 6.54 Å². The summed E-state index contributed by atoms with van der Waals surface area (Å²) in [5, 5.41) is 2.55. The number of hydrogen-bond donors (Lipinski definition) is 2. The van der Waals surface area contributed by atoms with Crippen molar-refractivity contribution in [3.8, 4) is 0 Å². The minimum absolute atomic E-state index is 0.112. The van der Waals surface area contributed by atoms with Crippen LogP contribution in [0.2, 0.25) is 0 Å². The highest BCUT2D eigenvalue weighted by molar-refractivity contribution is 5.81. The van der Waals surface area contributed by atoms with Gasteiger partial charge in [-0.3, -0.25) is 4.79 Å². The van der Waals surface area contributed by atoms with Gasteiger partial charge in [-0.1, -0.05) is 6.07 Å². The Hall–Kier alpha value is -1.62. The molecule has 3 N–H and O–H groups in total. The van der Waals surface area contributed by atoms with Gasteiger partial charge in [-0.25, -0.2) is 4.39 Å². The minimum atomic E-state index is -0.333. The number of hydrogen-bond acceptors (Lipinski definition) is 3. The molecule has 0 aliphatic rings. The summed E-state index contributed by atoms with van der Waals surface area (Å²) in [4.78, 5) is 13.2. The summed E-state index contributed by atoms with van der Waals surface area (Å²) in [5.41, 5.74) is 6.66. The Morgan fingerprint density at radius 2 is 2.24 bits per heavy atom. The molecule has 0 saturated carbocycles. The molecule has 1 aromatic carbocycles. The third-order valence-corrected chi connectivity index (χ3v) is 2.63. The lowest BCUT2D eigenvalue weighted by Gasteiger charge is -2.24. The molecule has 0 saturated heterocycles. The smallest absolute Gasteiger partial charge is 0.239 e. The lowest BCUT2D eigenvalue weighted by Crippen LogP contribution is -2.36. The van der Waals surface area contributed by atoms with E-state index in [9.17, 15) is 9.18 Å². The van der Waals surface area contributed by atoms with Gasteiger partial charge in [0.25, 0.3) is 0 Å². The molecule has 4 nitrogen and oxygen atoms in total. The first-order valence-electron chi connectivity index (χ1n) is 5.57. The molecule has 0 aliphatic carbocycles. The molecule has 0 spiro atoms. The molecular weight excluding hydrogens is 221 g/mol. The van der Waals surface area contributed by atoms with Crippen molar-refractivity contribution in [3.05, 3.63) is 29.6 Å². The minimum Gasteiger partial charge on any atom is -0.362 e. The summed E-state index contributed by atoms with van der Waals surface area (Å²) in [5.74, 6) is -0.445. The number of likely N-dealkylation sites (N-methyl/N-ethyl adjacent to an activating group) is 2. The van der Waals surface area contributed by atoms with Crippen LogP contribution in [0.25, 0.3) is 0 Å². The van der Waals surface area contributed by atoms with Gasteiger partial charge in [-0.2, -0.15) is 0 Å². The van der Waals surface area contributed by atoms with Crippen LogP contribution in [0.15, 0.2) is 18.2 Å². The first kappa shape index (κ1) is 13.4.